The van der Waals surface area contributed by atoms with Crippen molar-refractivity contribution in [1.82, 2.24) is 10.3 Å². The Bertz CT molecular complexity index is 821. The second-order valence-electron chi connectivity index (χ2n) is 5.48. The summed E-state index contributed by atoms with van der Waals surface area (Å²) in [6, 6.07) is 13.8. The summed E-state index contributed by atoms with van der Waals surface area (Å²) in [5, 5.41) is 2.94. The van der Waals surface area contributed by atoms with Crippen molar-refractivity contribution < 1.29 is 9.21 Å². The van der Waals surface area contributed by atoms with Gasteiger partial charge in [0.25, 0.3) is 0 Å². The Balaban J connectivity index is 1.62. The first kappa shape index (κ1) is 14.3. The van der Waals surface area contributed by atoms with Gasteiger partial charge in [-0.15, -0.1) is 0 Å². The van der Waals surface area contributed by atoms with E-state index in [-0.39, 0.29) is 5.91 Å². The molecule has 0 aliphatic heterocycles. The van der Waals surface area contributed by atoms with Crippen LogP contribution in [-0.4, -0.2) is 10.9 Å². The Hall–Kier alpha value is -2.62. The van der Waals surface area contributed by atoms with Crippen LogP contribution >= 0.6 is 0 Å². The van der Waals surface area contributed by atoms with Crippen molar-refractivity contribution >= 4 is 17.0 Å². The van der Waals surface area contributed by atoms with Gasteiger partial charge in [-0.05, 0) is 30.2 Å². The predicted molar refractivity (Wildman–Crippen MR) is 85.5 cm³/mol. The second kappa shape index (κ2) is 6.02. The number of aromatic nitrogens is 1. The first-order valence-electron chi connectivity index (χ1n) is 7.28. The predicted octanol–water partition coefficient (Wildman–Crippen LogP) is 3.30. The van der Waals surface area contributed by atoms with Crippen LogP contribution in [0.15, 0.2) is 46.9 Å². The van der Waals surface area contributed by atoms with E-state index in [0.29, 0.717) is 18.9 Å². The maximum absolute atomic E-state index is 12.0. The van der Waals surface area contributed by atoms with Crippen LogP contribution in [0.2, 0.25) is 0 Å². The third-order valence-electron chi connectivity index (χ3n) is 3.50. The molecular formula is C18H18N2O2. The fraction of sp³-hybridized carbons (Fsp3) is 0.222. The van der Waals surface area contributed by atoms with Crippen molar-refractivity contribution in [2.75, 3.05) is 0 Å². The highest BCUT2D eigenvalue weighted by atomic mass is 16.3. The first-order valence-corrected chi connectivity index (χ1v) is 7.28. The van der Waals surface area contributed by atoms with Crippen LogP contribution in [0.5, 0.6) is 0 Å². The summed E-state index contributed by atoms with van der Waals surface area (Å²) in [5.74, 6) is 0.662. The largest absolute Gasteiger partial charge is 0.441 e. The Morgan fingerprint density at radius 1 is 1.14 bits per heavy atom. The molecule has 0 fully saturated rings. The summed E-state index contributed by atoms with van der Waals surface area (Å²) < 4.78 is 5.50. The lowest BCUT2D eigenvalue weighted by atomic mass is 10.1. The number of carbonyl (C=O) groups is 1. The molecule has 112 valence electrons. The van der Waals surface area contributed by atoms with Gasteiger partial charge < -0.3 is 9.73 Å². The molecule has 0 radical (unpaired) electrons. The van der Waals surface area contributed by atoms with E-state index < -0.39 is 0 Å². The molecule has 1 heterocycles. The average Bonchev–Trinajstić information content (AvgIpc) is 2.84. The molecule has 1 aromatic heterocycles. The topological polar surface area (TPSA) is 55.1 Å². The average molecular weight is 294 g/mol. The van der Waals surface area contributed by atoms with E-state index in [1.165, 1.54) is 0 Å². The highest BCUT2D eigenvalue weighted by Gasteiger charge is 2.06. The monoisotopic (exact) mass is 294 g/mol. The van der Waals surface area contributed by atoms with E-state index in [1.54, 1.807) is 0 Å². The number of fused-ring (bicyclic) bond motifs is 1. The lowest BCUT2D eigenvalue weighted by Gasteiger charge is -2.06. The van der Waals surface area contributed by atoms with Gasteiger partial charge in [0.05, 0.1) is 6.42 Å². The lowest BCUT2D eigenvalue weighted by Crippen LogP contribution is -2.24. The van der Waals surface area contributed by atoms with Crippen LogP contribution in [0, 0.1) is 13.8 Å². The van der Waals surface area contributed by atoms with E-state index in [9.17, 15) is 4.79 Å². The molecule has 0 atom stereocenters. The Kier molecular flexibility index (Phi) is 3.92. The van der Waals surface area contributed by atoms with Crippen LogP contribution in [0.1, 0.15) is 22.6 Å². The van der Waals surface area contributed by atoms with Gasteiger partial charge in [-0.1, -0.05) is 35.9 Å². The molecule has 0 aliphatic carbocycles. The van der Waals surface area contributed by atoms with Gasteiger partial charge in [0.15, 0.2) is 11.5 Å². The standard InChI is InChI=1S/C18H18N2O2/c1-12-4-3-5-14(8-12)10-18(21)19-11-15-6-7-16-17(9-15)22-13(2)20-16/h3-9H,10-11H2,1-2H3,(H,19,21). The van der Waals surface area contributed by atoms with E-state index in [4.69, 9.17) is 4.42 Å². The molecule has 0 aliphatic rings. The summed E-state index contributed by atoms with van der Waals surface area (Å²) in [6.07, 6.45) is 0.394. The number of amides is 1. The molecular weight excluding hydrogens is 276 g/mol. The number of benzene rings is 2. The summed E-state index contributed by atoms with van der Waals surface area (Å²) >= 11 is 0. The minimum absolute atomic E-state index is 0.0134. The van der Waals surface area contributed by atoms with E-state index >= 15 is 0 Å². The highest BCUT2D eigenvalue weighted by molar-refractivity contribution is 5.79. The molecule has 0 saturated heterocycles. The molecule has 1 amide bonds. The summed E-state index contributed by atoms with van der Waals surface area (Å²) in [6.45, 7) is 4.33. The number of hydrogen-bond acceptors (Lipinski definition) is 3. The van der Waals surface area contributed by atoms with Crippen molar-refractivity contribution in [3.63, 3.8) is 0 Å². The van der Waals surface area contributed by atoms with E-state index in [2.05, 4.69) is 10.3 Å². The van der Waals surface area contributed by atoms with Crippen LogP contribution in [0.3, 0.4) is 0 Å². The third-order valence-corrected chi connectivity index (χ3v) is 3.50. The minimum Gasteiger partial charge on any atom is -0.441 e. The number of carbonyl (C=O) groups excluding carboxylic acids is 1. The lowest BCUT2D eigenvalue weighted by molar-refractivity contribution is -0.120. The van der Waals surface area contributed by atoms with Gasteiger partial charge in [-0.3, -0.25) is 4.79 Å². The molecule has 3 rings (SSSR count). The molecule has 22 heavy (non-hydrogen) atoms. The highest BCUT2D eigenvalue weighted by Crippen LogP contribution is 2.16. The zero-order valence-corrected chi connectivity index (χ0v) is 12.7. The molecule has 0 saturated carbocycles. The fourth-order valence-corrected chi connectivity index (χ4v) is 2.46. The Morgan fingerprint density at radius 2 is 2.00 bits per heavy atom. The summed E-state index contributed by atoms with van der Waals surface area (Å²) in [5.41, 5.74) is 4.78. The molecule has 4 nitrogen and oxygen atoms in total. The molecule has 0 spiro atoms. The normalized spacial score (nSPS) is 10.8. The number of oxazole rings is 1. The zero-order valence-electron chi connectivity index (χ0n) is 12.7. The number of rotatable bonds is 4. The zero-order chi connectivity index (χ0) is 15.5. The maximum atomic E-state index is 12.0. The van der Waals surface area contributed by atoms with Crippen molar-refractivity contribution in [3.05, 3.63) is 65.0 Å². The maximum Gasteiger partial charge on any atom is 0.224 e. The quantitative estimate of drug-likeness (QED) is 0.803. The van der Waals surface area contributed by atoms with Crippen LogP contribution in [0.4, 0.5) is 0 Å². The second-order valence-corrected chi connectivity index (χ2v) is 5.48. The third kappa shape index (κ3) is 3.34. The molecule has 3 aromatic rings. The van der Waals surface area contributed by atoms with Crippen LogP contribution in [-0.2, 0) is 17.8 Å². The molecule has 2 aromatic carbocycles. The number of nitrogens with zero attached hydrogens (tertiary/aromatic N) is 1. The number of hydrogen-bond donors (Lipinski definition) is 1. The molecule has 0 bridgehead atoms. The van der Waals surface area contributed by atoms with Crippen molar-refractivity contribution in [1.29, 1.82) is 0 Å². The smallest absolute Gasteiger partial charge is 0.224 e. The number of nitrogens with one attached hydrogen (secondary N) is 1. The Morgan fingerprint density at radius 3 is 2.82 bits per heavy atom. The van der Waals surface area contributed by atoms with Gasteiger partial charge in [-0.2, -0.15) is 0 Å². The van der Waals surface area contributed by atoms with E-state index in [1.807, 2.05) is 56.3 Å². The first-order chi connectivity index (χ1) is 10.6. The van der Waals surface area contributed by atoms with Crippen molar-refractivity contribution in [2.24, 2.45) is 0 Å². The van der Waals surface area contributed by atoms with Crippen LogP contribution in [0.25, 0.3) is 11.1 Å². The van der Waals surface area contributed by atoms with Gasteiger partial charge >= 0.3 is 0 Å². The molecule has 0 unspecified atom stereocenters. The fourth-order valence-electron chi connectivity index (χ4n) is 2.46. The number of aryl methyl sites for hydroxylation is 2. The summed E-state index contributed by atoms with van der Waals surface area (Å²) in [7, 11) is 0. The van der Waals surface area contributed by atoms with E-state index in [0.717, 1.165) is 27.8 Å². The SMILES string of the molecule is Cc1cccc(CC(=O)NCc2ccc3nc(C)oc3c2)c1. The molecule has 1 N–H and O–H groups in total. The van der Waals surface area contributed by atoms with Gasteiger partial charge in [0, 0.05) is 13.5 Å². The van der Waals surface area contributed by atoms with Crippen LogP contribution < -0.4 is 5.32 Å². The Labute approximate surface area is 129 Å². The summed E-state index contributed by atoms with van der Waals surface area (Å²) in [4.78, 5) is 16.3. The van der Waals surface area contributed by atoms with Gasteiger partial charge in [0.1, 0.15) is 5.52 Å². The van der Waals surface area contributed by atoms with Crippen molar-refractivity contribution in [2.45, 2.75) is 26.8 Å². The van der Waals surface area contributed by atoms with Gasteiger partial charge in [0.2, 0.25) is 5.91 Å². The minimum atomic E-state index is 0.0134. The van der Waals surface area contributed by atoms with Gasteiger partial charge in [-0.25, -0.2) is 4.98 Å². The van der Waals surface area contributed by atoms with Crippen molar-refractivity contribution in [3.8, 4) is 0 Å². The molecule has 4 heteroatoms.